The Bertz CT molecular complexity index is 429. The maximum atomic E-state index is 5.72. The van der Waals surface area contributed by atoms with Crippen LogP contribution in [0.3, 0.4) is 0 Å². The van der Waals surface area contributed by atoms with Crippen molar-refractivity contribution in [2.24, 2.45) is 5.84 Å². The summed E-state index contributed by atoms with van der Waals surface area (Å²) in [7, 11) is 4.93. The molecule has 5 nitrogen and oxygen atoms in total. The highest BCUT2D eigenvalue weighted by Gasteiger charge is 2.26. The summed E-state index contributed by atoms with van der Waals surface area (Å²) in [5.74, 6) is 7.14. The summed E-state index contributed by atoms with van der Waals surface area (Å²) in [5, 5.41) is 0. The quantitative estimate of drug-likeness (QED) is 0.559. The molecule has 1 aromatic rings. The molecule has 0 heterocycles. The van der Waals surface area contributed by atoms with Gasteiger partial charge in [0.2, 0.25) is 0 Å². The number of nitrogens with two attached hydrogens (primary N) is 1. The van der Waals surface area contributed by atoms with Crippen LogP contribution in [0, 0.1) is 0 Å². The molecule has 1 rings (SSSR count). The molecule has 0 bridgehead atoms. The Morgan fingerprint density at radius 2 is 1.95 bits per heavy atom. The molecule has 0 amide bonds. The average Bonchev–Trinajstić information content (AvgIpc) is 2.47. The second-order valence-corrected chi connectivity index (χ2v) is 5.20. The highest BCUT2D eigenvalue weighted by molar-refractivity contribution is 9.10. The third kappa shape index (κ3) is 3.63. The molecule has 0 saturated carbocycles. The van der Waals surface area contributed by atoms with Crippen LogP contribution >= 0.6 is 15.9 Å². The van der Waals surface area contributed by atoms with E-state index >= 15 is 0 Å². The third-order valence-corrected chi connectivity index (χ3v) is 4.03. The molecule has 0 spiro atoms. The predicted molar refractivity (Wildman–Crippen MR) is 83.0 cm³/mol. The number of hydrazine groups is 1. The van der Waals surface area contributed by atoms with Gasteiger partial charge < -0.3 is 14.2 Å². The van der Waals surface area contributed by atoms with Gasteiger partial charge >= 0.3 is 0 Å². The number of nitrogens with one attached hydrogen (secondary N) is 1. The normalized spacial score (nSPS) is 13.9. The predicted octanol–water partition coefficient (Wildman–Crippen LogP) is 2.79. The van der Waals surface area contributed by atoms with Crippen molar-refractivity contribution >= 4 is 15.9 Å². The van der Waals surface area contributed by atoms with E-state index in [1.165, 1.54) is 0 Å². The summed E-state index contributed by atoms with van der Waals surface area (Å²) in [6.45, 7) is 2.11. The van der Waals surface area contributed by atoms with Crippen LogP contribution in [0.15, 0.2) is 16.6 Å². The lowest BCUT2D eigenvalue weighted by Gasteiger charge is -2.27. The van der Waals surface area contributed by atoms with Crippen molar-refractivity contribution in [1.82, 2.24) is 5.43 Å². The van der Waals surface area contributed by atoms with Crippen molar-refractivity contribution in [3.8, 4) is 11.5 Å². The molecule has 20 heavy (non-hydrogen) atoms. The first-order valence-electron chi connectivity index (χ1n) is 6.53. The van der Waals surface area contributed by atoms with E-state index in [0.29, 0.717) is 11.5 Å². The lowest BCUT2D eigenvalue weighted by atomic mass is 9.97. The van der Waals surface area contributed by atoms with Gasteiger partial charge in [-0.2, -0.15) is 0 Å². The van der Waals surface area contributed by atoms with Gasteiger partial charge in [0, 0.05) is 12.7 Å². The van der Waals surface area contributed by atoms with E-state index in [2.05, 4.69) is 28.3 Å². The topological polar surface area (TPSA) is 65.7 Å². The third-order valence-electron chi connectivity index (χ3n) is 3.28. The highest BCUT2D eigenvalue weighted by Crippen LogP contribution is 2.40. The molecule has 0 saturated heterocycles. The lowest BCUT2D eigenvalue weighted by Crippen LogP contribution is -2.37. The number of hydrogen-bond acceptors (Lipinski definition) is 5. The SMILES string of the molecule is CCCC(OC)C(NN)c1ccc(OC)c(Br)c1OC. The summed E-state index contributed by atoms with van der Waals surface area (Å²) >= 11 is 3.50. The molecule has 0 aliphatic heterocycles. The molecule has 3 N–H and O–H groups in total. The van der Waals surface area contributed by atoms with Crippen molar-refractivity contribution in [1.29, 1.82) is 0 Å². The number of benzene rings is 1. The summed E-state index contributed by atoms with van der Waals surface area (Å²) < 4.78 is 17.1. The van der Waals surface area contributed by atoms with Gasteiger partial charge in [0.25, 0.3) is 0 Å². The monoisotopic (exact) mass is 346 g/mol. The van der Waals surface area contributed by atoms with E-state index in [1.807, 2.05) is 12.1 Å². The first-order valence-corrected chi connectivity index (χ1v) is 7.33. The smallest absolute Gasteiger partial charge is 0.141 e. The van der Waals surface area contributed by atoms with Gasteiger partial charge in [-0.25, -0.2) is 0 Å². The molecule has 0 aromatic heterocycles. The fourth-order valence-corrected chi connectivity index (χ4v) is 2.95. The maximum absolute atomic E-state index is 5.72. The first-order chi connectivity index (χ1) is 9.64. The molecule has 0 aliphatic rings. The Morgan fingerprint density at radius 3 is 2.40 bits per heavy atom. The van der Waals surface area contributed by atoms with Gasteiger partial charge in [0.1, 0.15) is 16.0 Å². The van der Waals surface area contributed by atoms with Crippen molar-refractivity contribution < 1.29 is 14.2 Å². The van der Waals surface area contributed by atoms with Gasteiger partial charge in [0.05, 0.1) is 26.4 Å². The van der Waals surface area contributed by atoms with Crippen LogP contribution in [0.4, 0.5) is 0 Å². The molecule has 0 fully saturated rings. The standard InChI is InChI=1S/C14H23BrN2O3/c1-5-6-11(19-3)13(17-16)9-7-8-10(18-2)12(15)14(9)20-4/h7-8,11,13,17H,5-6,16H2,1-4H3. The summed E-state index contributed by atoms with van der Waals surface area (Å²) in [4.78, 5) is 0. The number of halogens is 1. The average molecular weight is 347 g/mol. The Balaban J connectivity index is 3.24. The molecular weight excluding hydrogens is 324 g/mol. The highest BCUT2D eigenvalue weighted by atomic mass is 79.9. The number of methoxy groups -OCH3 is 3. The van der Waals surface area contributed by atoms with Crippen LogP contribution in [0.2, 0.25) is 0 Å². The van der Waals surface area contributed by atoms with Crippen LogP contribution in [0.1, 0.15) is 31.4 Å². The Labute approximate surface area is 128 Å². The van der Waals surface area contributed by atoms with E-state index < -0.39 is 0 Å². The zero-order valence-corrected chi connectivity index (χ0v) is 14.0. The van der Waals surface area contributed by atoms with Crippen LogP contribution in [0.5, 0.6) is 11.5 Å². The molecule has 0 aliphatic carbocycles. The minimum absolute atomic E-state index is 0.0285. The Kier molecular flexibility index (Phi) is 7.29. The van der Waals surface area contributed by atoms with Crippen LogP contribution in [-0.2, 0) is 4.74 Å². The fraction of sp³-hybridized carbons (Fsp3) is 0.571. The van der Waals surface area contributed by atoms with E-state index in [1.54, 1.807) is 21.3 Å². The molecular formula is C14H23BrN2O3. The largest absolute Gasteiger partial charge is 0.495 e. The maximum Gasteiger partial charge on any atom is 0.141 e. The van der Waals surface area contributed by atoms with E-state index in [0.717, 1.165) is 22.9 Å². The van der Waals surface area contributed by atoms with E-state index in [4.69, 9.17) is 20.1 Å². The van der Waals surface area contributed by atoms with Crippen molar-refractivity contribution in [2.75, 3.05) is 21.3 Å². The van der Waals surface area contributed by atoms with E-state index in [-0.39, 0.29) is 12.1 Å². The van der Waals surface area contributed by atoms with Crippen molar-refractivity contribution in [2.45, 2.75) is 31.9 Å². The lowest BCUT2D eigenvalue weighted by molar-refractivity contribution is 0.0597. The zero-order chi connectivity index (χ0) is 15.1. The minimum Gasteiger partial charge on any atom is -0.495 e. The number of hydrogen-bond donors (Lipinski definition) is 2. The summed E-state index contributed by atoms with van der Waals surface area (Å²) in [6, 6.07) is 3.66. The summed E-state index contributed by atoms with van der Waals surface area (Å²) in [5.41, 5.74) is 3.76. The second kappa shape index (κ2) is 8.46. The van der Waals surface area contributed by atoms with Crippen molar-refractivity contribution in [3.63, 3.8) is 0 Å². The summed E-state index contributed by atoms with van der Waals surface area (Å²) in [6.07, 6.45) is 1.88. The van der Waals surface area contributed by atoms with Gasteiger partial charge in [-0.15, -0.1) is 0 Å². The van der Waals surface area contributed by atoms with Gasteiger partial charge in [-0.3, -0.25) is 11.3 Å². The van der Waals surface area contributed by atoms with Crippen LogP contribution < -0.4 is 20.7 Å². The minimum atomic E-state index is -0.155. The van der Waals surface area contributed by atoms with Crippen LogP contribution in [0.25, 0.3) is 0 Å². The molecule has 1 aromatic carbocycles. The van der Waals surface area contributed by atoms with E-state index in [9.17, 15) is 0 Å². The zero-order valence-electron chi connectivity index (χ0n) is 12.4. The molecule has 2 unspecified atom stereocenters. The Morgan fingerprint density at radius 1 is 1.25 bits per heavy atom. The molecule has 0 radical (unpaired) electrons. The number of rotatable bonds is 8. The Hall–Kier alpha value is -0.820. The second-order valence-electron chi connectivity index (χ2n) is 4.41. The van der Waals surface area contributed by atoms with Gasteiger partial charge in [0.15, 0.2) is 0 Å². The number of ether oxygens (including phenoxy) is 3. The molecule has 6 heteroatoms. The van der Waals surface area contributed by atoms with Gasteiger partial charge in [-0.1, -0.05) is 13.3 Å². The first kappa shape index (κ1) is 17.2. The fourth-order valence-electron chi connectivity index (χ4n) is 2.27. The molecule has 2 atom stereocenters. The van der Waals surface area contributed by atoms with Gasteiger partial charge in [-0.05, 0) is 34.5 Å². The van der Waals surface area contributed by atoms with Crippen molar-refractivity contribution in [3.05, 3.63) is 22.2 Å². The molecule has 114 valence electrons. The van der Waals surface area contributed by atoms with Crippen LogP contribution in [-0.4, -0.2) is 27.4 Å².